The monoisotopic (exact) mass is 277 g/mol. The topological polar surface area (TPSA) is 28.2 Å². The fourth-order valence-corrected chi connectivity index (χ4v) is 3.81. The van der Waals surface area contributed by atoms with E-state index in [1.165, 1.54) is 32.1 Å². The highest BCUT2D eigenvalue weighted by Crippen LogP contribution is 2.37. The summed E-state index contributed by atoms with van der Waals surface area (Å²) in [5, 5.41) is 3.01. The van der Waals surface area contributed by atoms with E-state index in [1.54, 1.807) is 12.3 Å². The van der Waals surface area contributed by atoms with Gasteiger partial charge in [-0.1, -0.05) is 19.3 Å². The van der Waals surface area contributed by atoms with Gasteiger partial charge in [0.2, 0.25) is 0 Å². The maximum absolute atomic E-state index is 14.5. The quantitative estimate of drug-likeness (QED) is 0.920. The largest absolute Gasteiger partial charge is 0.354 e. The van der Waals surface area contributed by atoms with Gasteiger partial charge in [0.05, 0.1) is 0 Å². The number of piperidine rings is 1. The highest BCUT2D eigenvalue weighted by molar-refractivity contribution is 5.43. The lowest BCUT2D eigenvalue weighted by Gasteiger charge is -2.41. The third kappa shape index (κ3) is 2.66. The van der Waals surface area contributed by atoms with E-state index in [0.29, 0.717) is 17.9 Å². The van der Waals surface area contributed by atoms with Gasteiger partial charge in [-0.15, -0.1) is 0 Å². The zero-order valence-electron chi connectivity index (χ0n) is 12.2. The van der Waals surface area contributed by atoms with Crippen LogP contribution in [-0.4, -0.2) is 25.1 Å². The highest BCUT2D eigenvalue weighted by Gasteiger charge is 2.32. The van der Waals surface area contributed by atoms with Gasteiger partial charge in [0, 0.05) is 31.4 Å². The van der Waals surface area contributed by atoms with Crippen LogP contribution in [0.4, 0.5) is 10.2 Å². The van der Waals surface area contributed by atoms with Crippen molar-refractivity contribution in [2.24, 2.45) is 11.8 Å². The molecule has 4 heteroatoms. The van der Waals surface area contributed by atoms with E-state index in [1.807, 2.05) is 7.05 Å². The Morgan fingerprint density at radius 2 is 2.10 bits per heavy atom. The number of fused-ring (bicyclic) bond motifs is 1. The van der Waals surface area contributed by atoms with Crippen LogP contribution in [0.15, 0.2) is 12.3 Å². The number of hydrogen-bond donors (Lipinski definition) is 1. The predicted molar refractivity (Wildman–Crippen MR) is 79.2 cm³/mol. The molecule has 2 atom stereocenters. The summed E-state index contributed by atoms with van der Waals surface area (Å²) < 4.78 is 14.5. The van der Waals surface area contributed by atoms with Gasteiger partial charge in [0.15, 0.2) is 11.6 Å². The van der Waals surface area contributed by atoms with Crippen LogP contribution in [-0.2, 0) is 6.54 Å². The third-order valence-corrected chi connectivity index (χ3v) is 4.91. The van der Waals surface area contributed by atoms with E-state index in [0.717, 1.165) is 24.9 Å². The highest BCUT2D eigenvalue weighted by atomic mass is 19.1. The number of aromatic nitrogens is 1. The second kappa shape index (κ2) is 6.08. The maximum atomic E-state index is 14.5. The van der Waals surface area contributed by atoms with Crippen molar-refractivity contribution in [1.29, 1.82) is 0 Å². The molecule has 0 amide bonds. The summed E-state index contributed by atoms with van der Waals surface area (Å²) in [6, 6.07) is 1.77. The van der Waals surface area contributed by atoms with Crippen LogP contribution in [0.2, 0.25) is 0 Å². The Labute approximate surface area is 120 Å². The van der Waals surface area contributed by atoms with Crippen molar-refractivity contribution in [2.45, 2.75) is 38.6 Å². The van der Waals surface area contributed by atoms with Crippen molar-refractivity contribution in [3.8, 4) is 0 Å². The molecular formula is C16H24FN3. The Balaban J connectivity index is 1.77. The first kappa shape index (κ1) is 13.8. The van der Waals surface area contributed by atoms with Crippen LogP contribution in [0.3, 0.4) is 0 Å². The predicted octanol–water partition coefficient (Wildman–Crippen LogP) is 2.96. The smallest absolute Gasteiger partial charge is 0.170 e. The lowest BCUT2D eigenvalue weighted by molar-refractivity contribution is 0.201. The van der Waals surface area contributed by atoms with Gasteiger partial charge in [-0.25, -0.2) is 9.37 Å². The van der Waals surface area contributed by atoms with Gasteiger partial charge in [-0.05, 0) is 37.8 Å². The second-order valence-electron chi connectivity index (χ2n) is 6.18. The summed E-state index contributed by atoms with van der Waals surface area (Å²) in [5.74, 6) is 2.02. The van der Waals surface area contributed by atoms with E-state index in [-0.39, 0.29) is 5.82 Å². The molecule has 20 heavy (non-hydrogen) atoms. The first-order valence-corrected chi connectivity index (χ1v) is 7.82. The zero-order valence-corrected chi connectivity index (χ0v) is 12.2. The van der Waals surface area contributed by atoms with Crippen molar-refractivity contribution in [3.05, 3.63) is 23.6 Å². The number of pyridine rings is 1. The molecule has 110 valence electrons. The van der Waals surface area contributed by atoms with E-state index >= 15 is 0 Å². The summed E-state index contributed by atoms with van der Waals surface area (Å²) >= 11 is 0. The van der Waals surface area contributed by atoms with Gasteiger partial charge >= 0.3 is 0 Å². The van der Waals surface area contributed by atoms with E-state index in [2.05, 4.69) is 15.2 Å². The van der Waals surface area contributed by atoms with E-state index in [4.69, 9.17) is 0 Å². The van der Waals surface area contributed by atoms with Crippen LogP contribution < -0.4 is 10.2 Å². The average Bonchev–Trinajstić information content (AvgIpc) is 2.49. The molecule has 1 N–H and O–H groups in total. The molecule has 0 spiro atoms. The minimum atomic E-state index is -0.142. The minimum Gasteiger partial charge on any atom is -0.354 e. The van der Waals surface area contributed by atoms with Gasteiger partial charge in [0.1, 0.15) is 0 Å². The van der Waals surface area contributed by atoms with Crippen molar-refractivity contribution >= 4 is 5.82 Å². The molecule has 1 aliphatic carbocycles. The Kier molecular flexibility index (Phi) is 4.20. The molecule has 0 radical (unpaired) electrons. The SMILES string of the molecule is CNCc1ccnc(N2CCC3CCCCC3C2)c1F. The normalized spacial score (nSPS) is 26.4. The standard InChI is InChI=1S/C16H24FN3/c1-18-10-13-6-8-19-16(15(13)17)20-9-7-12-4-2-3-5-14(12)11-20/h6,8,12,14,18H,2-5,7,9-11H2,1H3. The average molecular weight is 277 g/mol. The first-order valence-electron chi connectivity index (χ1n) is 7.82. The second-order valence-corrected chi connectivity index (χ2v) is 6.18. The Bertz CT molecular complexity index is 463. The molecule has 1 saturated carbocycles. The van der Waals surface area contributed by atoms with Crippen LogP contribution in [0.1, 0.15) is 37.7 Å². The third-order valence-electron chi connectivity index (χ3n) is 4.91. The summed E-state index contributed by atoms with van der Waals surface area (Å²) in [5.41, 5.74) is 0.711. The van der Waals surface area contributed by atoms with Crippen molar-refractivity contribution in [1.82, 2.24) is 10.3 Å². The van der Waals surface area contributed by atoms with E-state index < -0.39 is 0 Å². The summed E-state index contributed by atoms with van der Waals surface area (Å²) in [6.45, 7) is 2.49. The zero-order chi connectivity index (χ0) is 13.9. The lowest BCUT2D eigenvalue weighted by Crippen LogP contribution is -2.42. The summed E-state index contributed by atoms with van der Waals surface area (Å²) in [4.78, 5) is 6.47. The fraction of sp³-hybridized carbons (Fsp3) is 0.688. The number of anilines is 1. The van der Waals surface area contributed by atoms with Crippen molar-refractivity contribution < 1.29 is 4.39 Å². The summed E-state index contributed by atoms with van der Waals surface area (Å²) in [7, 11) is 1.84. The Morgan fingerprint density at radius 3 is 2.90 bits per heavy atom. The van der Waals surface area contributed by atoms with Gasteiger partial charge in [-0.3, -0.25) is 0 Å². The summed E-state index contributed by atoms with van der Waals surface area (Å²) in [6.07, 6.45) is 8.32. The van der Waals surface area contributed by atoms with Gasteiger partial charge in [0.25, 0.3) is 0 Å². The lowest BCUT2D eigenvalue weighted by atomic mass is 9.75. The fourth-order valence-electron chi connectivity index (χ4n) is 3.81. The molecule has 0 aromatic carbocycles. The van der Waals surface area contributed by atoms with Crippen LogP contribution in [0.25, 0.3) is 0 Å². The maximum Gasteiger partial charge on any atom is 0.170 e. The van der Waals surface area contributed by atoms with E-state index in [9.17, 15) is 4.39 Å². The molecule has 2 aliphatic rings. The first-order chi connectivity index (χ1) is 9.79. The molecule has 0 bridgehead atoms. The molecule has 2 fully saturated rings. The van der Waals surface area contributed by atoms with Crippen molar-refractivity contribution in [3.63, 3.8) is 0 Å². The van der Waals surface area contributed by atoms with Crippen LogP contribution in [0.5, 0.6) is 0 Å². The molecular weight excluding hydrogens is 253 g/mol. The Morgan fingerprint density at radius 1 is 1.30 bits per heavy atom. The molecule has 3 nitrogen and oxygen atoms in total. The van der Waals surface area contributed by atoms with Crippen LogP contribution in [0, 0.1) is 17.7 Å². The molecule has 2 unspecified atom stereocenters. The molecule has 1 aromatic rings. The molecule has 2 heterocycles. The minimum absolute atomic E-state index is 0.142. The molecule has 3 rings (SSSR count). The van der Waals surface area contributed by atoms with Gasteiger partial charge in [-0.2, -0.15) is 0 Å². The van der Waals surface area contributed by atoms with Gasteiger partial charge < -0.3 is 10.2 Å². The number of rotatable bonds is 3. The molecule has 1 aromatic heterocycles. The van der Waals surface area contributed by atoms with Crippen LogP contribution >= 0.6 is 0 Å². The van der Waals surface area contributed by atoms with Crippen molar-refractivity contribution in [2.75, 3.05) is 25.0 Å². The number of nitrogens with zero attached hydrogens (tertiary/aromatic N) is 2. The number of halogens is 1. The number of hydrogen-bond acceptors (Lipinski definition) is 3. The molecule has 1 saturated heterocycles. The Hall–Kier alpha value is -1.16. The molecule has 1 aliphatic heterocycles. The number of nitrogens with one attached hydrogen (secondary N) is 1.